The molecule has 0 saturated carbocycles. The summed E-state index contributed by atoms with van der Waals surface area (Å²) in [7, 11) is 3.26. The largest absolute Gasteiger partial charge is 0.493 e. The Morgan fingerprint density at radius 2 is 1.53 bits per heavy atom. The number of halogens is 1. The molecule has 6 rings (SSSR count). The number of unbranched alkanes of at least 4 members (excludes halogenated alkanes) is 2. The van der Waals surface area contributed by atoms with Crippen molar-refractivity contribution < 1.29 is 14.0 Å². The molecule has 0 spiro atoms. The van der Waals surface area contributed by atoms with E-state index in [1.165, 1.54) is 0 Å². The van der Waals surface area contributed by atoms with Gasteiger partial charge in [0.15, 0.2) is 17.3 Å². The van der Waals surface area contributed by atoms with Crippen LogP contribution in [0.1, 0.15) is 56.5 Å². The van der Waals surface area contributed by atoms with Gasteiger partial charge in [-0.25, -0.2) is 9.35 Å². The highest BCUT2D eigenvalue weighted by Gasteiger charge is 2.43. The minimum absolute atomic E-state index is 0.457. The van der Waals surface area contributed by atoms with Crippen molar-refractivity contribution in [2.45, 2.75) is 53.4 Å². The molecule has 1 aliphatic rings. The highest BCUT2D eigenvalue weighted by atomic mass is 79.9. The molecule has 0 aliphatic carbocycles. The maximum Gasteiger partial charge on any atom is 0.228 e. The maximum atomic E-state index is 7.14. The summed E-state index contributed by atoms with van der Waals surface area (Å²) < 4.78 is 26.0. The second-order valence-electron chi connectivity index (χ2n) is 12.1. The van der Waals surface area contributed by atoms with Crippen LogP contribution >= 0.6 is 22.3 Å². The van der Waals surface area contributed by atoms with Gasteiger partial charge in [0, 0.05) is 45.8 Å². The minimum Gasteiger partial charge on any atom is -0.493 e. The smallest absolute Gasteiger partial charge is 0.228 e. The fraction of sp³-hybridized carbons (Fsp3) is 0.316. The van der Waals surface area contributed by atoms with Crippen LogP contribution in [0.25, 0.3) is 22.6 Å². The van der Waals surface area contributed by atoms with E-state index in [0.29, 0.717) is 23.2 Å². The van der Waals surface area contributed by atoms with Crippen molar-refractivity contribution in [3.05, 3.63) is 100 Å². The molecule has 3 aromatic carbocycles. The van der Waals surface area contributed by atoms with E-state index in [2.05, 4.69) is 95.3 Å². The monoisotopic (exact) mass is 759 g/mol. The Bertz CT molecular complexity index is 2020. The Hall–Kier alpha value is -3.69. The van der Waals surface area contributed by atoms with Gasteiger partial charge in [-0.05, 0) is 99.2 Å². The molecule has 1 unspecified atom stereocenters. The van der Waals surface area contributed by atoms with Crippen molar-refractivity contribution in [1.82, 2.24) is 19.0 Å². The van der Waals surface area contributed by atoms with E-state index >= 15 is 0 Å². The standard InChI is InChI=1S/C38H43BrN5O3PS/c1-7-9-22-42(23-10-8-2)48(49)36-35(32-24-26(3)43(27(32)4)30-19-17-29(39)18-20-30)41-44(31-14-12-11-13-15-31)37(36)40-38(47-48)28-16-21-33(45-5)34(25-28)46-6/h11-21,24-25H,7-10,22-23H2,1-6H3. The maximum absolute atomic E-state index is 7.14. The molecular formula is C38H43BrN5O3PS. The number of hydrogen-bond acceptors (Lipinski definition) is 6. The van der Waals surface area contributed by atoms with Crippen LogP contribution in [0.5, 0.6) is 11.5 Å². The minimum atomic E-state index is -2.98. The summed E-state index contributed by atoms with van der Waals surface area (Å²) in [5, 5.41) is 6.27. The Labute approximate surface area is 303 Å². The molecule has 3 heterocycles. The van der Waals surface area contributed by atoms with E-state index in [4.69, 9.17) is 35.9 Å². The second-order valence-corrected chi connectivity index (χ2v) is 16.8. The van der Waals surface area contributed by atoms with Gasteiger partial charge >= 0.3 is 0 Å². The summed E-state index contributed by atoms with van der Waals surface area (Å²) in [6, 6.07) is 26.5. The number of aromatic nitrogens is 3. The number of rotatable bonds is 13. The predicted molar refractivity (Wildman–Crippen MR) is 208 cm³/mol. The zero-order valence-corrected chi connectivity index (χ0v) is 32.2. The lowest BCUT2D eigenvalue weighted by molar-refractivity contribution is 0.354. The average Bonchev–Trinajstić information content (AvgIpc) is 3.65. The lowest BCUT2D eigenvalue weighted by Crippen LogP contribution is -2.33. The van der Waals surface area contributed by atoms with Crippen LogP contribution < -0.4 is 14.8 Å². The van der Waals surface area contributed by atoms with E-state index in [0.717, 1.165) is 88.1 Å². The summed E-state index contributed by atoms with van der Waals surface area (Å²) in [6.07, 6.45) is 1.12. The first kappa shape index (κ1) is 35.1. The van der Waals surface area contributed by atoms with Crippen LogP contribution in [0.4, 0.5) is 5.82 Å². The molecule has 49 heavy (non-hydrogen) atoms. The first-order valence-electron chi connectivity index (χ1n) is 16.7. The molecule has 1 atom stereocenters. The zero-order valence-electron chi connectivity index (χ0n) is 28.9. The third-order valence-electron chi connectivity index (χ3n) is 8.85. The van der Waals surface area contributed by atoms with Gasteiger partial charge in [0.05, 0.1) is 19.9 Å². The van der Waals surface area contributed by atoms with E-state index in [1.54, 1.807) is 14.2 Å². The third-order valence-corrected chi connectivity index (χ3v) is 13.4. The first-order valence-corrected chi connectivity index (χ1v) is 20.2. The van der Waals surface area contributed by atoms with Crippen molar-refractivity contribution in [1.29, 1.82) is 0 Å². The summed E-state index contributed by atoms with van der Waals surface area (Å²) in [4.78, 5) is 5.26. The molecule has 0 fully saturated rings. The Morgan fingerprint density at radius 3 is 2.16 bits per heavy atom. The number of para-hydroxylation sites is 1. The summed E-state index contributed by atoms with van der Waals surface area (Å²) in [6.45, 7) is 10.3. The number of benzene rings is 3. The van der Waals surface area contributed by atoms with E-state index in [-0.39, 0.29) is 0 Å². The quantitative estimate of drug-likeness (QED) is 0.111. The van der Waals surface area contributed by atoms with Gasteiger partial charge in [0.25, 0.3) is 0 Å². The van der Waals surface area contributed by atoms with Crippen LogP contribution in [0.3, 0.4) is 0 Å². The average molecular weight is 761 g/mol. The molecule has 256 valence electrons. The fourth-order valence-corrected chi connectivity index (χ4v) is 10.3. The zero-order chi connectivity index (χ0) is 34.7. The van der Waals surface area contributed by atoms with Crippen LogP contribution in [0.2, 0.25) is 0 Å². The molecule has 5 aromatic rings. The number of aliphatic imine (C=N–C) groups is 1. The topological polar surface area (TPSA) is 66.0 Å². The number of methoxy groups -OCH3 is 2. The van der Waals surface area contributed by atoms with Crippen molar-refractivity contribution in [3.8, 4) is 34.1 Å². The molecule has 0 bridgehead atoms. The van der Waals surface area contributed by atoms with Crippen molar-refractivity contribution >= 4 is 51.2 Å². The van der Waals surface area contributed by atoms with Crippen LogP contribution in [-0.4, -0.2) is 52.2 Å². The Morgan fingerprint density at radius 1 is 0.857 bits per heavy atom. The molecule has 0 N–H and O–H groups in total. The number of fused-ring (bicyclic) bond motifs is 1. The molecule has 2 aromatic heterocycles. The third kappa shape index (κ3) is 6.76. The molecular weight excluding hydrogens is 717 g/mol. The van der Waals surface area contributed by atoms with E-state index < -0.39 is 6.42 Å². The normalized spacial score (nSPS) is 15.6. The van der Waals surface area contributed by atoms with Gasteiger partial charge < -0.3 is 18.6 Å². The summed E-state index contributed by atoms with van der Waals surface area (Å²) >= 11 is 10.5. The van der Waals surface area contributed by atoms with Gasteiger partial charge in [-0.1, -0.05) is 60.8 Å². The highest BCUT2D eigenvalue weighted by Crippen LogP contribution is 2.58. The van der Waals surface area contributed by atoms with E-state index in [9.17, 15) is 0 Å². The molecule has 0 amide bonds. The van der Waals surface area contributed by atoms with Crippen molar-refractivity contribution in [3.63, 3.8) is 0 Å². The van der Waals surface area contributed by atoms with Crippen molar-refractivity contribution in [2.24, 2.45) is 4.99 Å². The van der Waals surface area contributed by atoms with Gasteiger partial charge in [-0.2, -0.15) is 10.1 Å². The molecule has 1 aliphatic heterocycles. The van der Waals surface area contributed by atoms with Gasteiger partial charge in [0.2, 0.25) is 12.3 Å². The number of ether oxygens (including phenoxy) is 2. The second kappa shape index (κ2) is 15.1. The highest BCUT2D eigenvalue weighted by molar-refractivity contribution is 9.10. The Kier molecular flexibility index (Phi) is 10.8. The molecule has 11 heteroatoms. The lowest BCUT2D eigenvalue weighted by Gasteiger charge is -2.37. The van der Waals surface area contributed by atoms with Crippen LogP contribution in [0.15, 0.2) is 88.3 Å². The molecule has 0 radical (unpaired) electrons. The molecule has 0 saturated heterocycles. The summed E-state index contributed by atoms with van der Waals surface area (Å²) in [5.74, 6) is 2.38. The number of nitrogens with zero attached hydrogens (tertiary/aromatic N) is 5. The number of aryl methyl sites for hydroxylation is 1. The van der Waals surface area contributed by atoms with Gasteiger partial charge in [-0.3, -0.25) is 0 Å². The van der Waals surface area contributed by atoms with Gasteiger partial charge in [-0.15, -0.1) is 0 Å². The summed E-state index contributed by atoms with van der Waals surface area (Å²) in [5.41, 5.74) is 6.75. The lowest BCUT2D eigenvalue weighted by atomic mass is 10.1. The number of hydrogen-bond donors (Lipinski definition) is 0. The Balaban J connectivity index is 1.66. The van der Waals surface area contributed by atoms with Gasteiger partial charge in [0.1, 0.15) is 11.0 Å². The predicted octanol–water partition coefficient (Wildman–Crippen LogP) is 9.67. The van der Waals surface area contributed by atoms with Crippen LogP contribution in [0, 0.1) is 13.8 Å². The van der Waals surface area contributed by atoms with E-state index in [1.807, 2.05) is 41.1 Å². The van der Waals surface area contributed by atoms with Crippen LogP contribution in [-0.2, 0) is 16.3 Å². The first-order chi connectivity index (χ1) is 23.7. The fourth-order valence-electron chi connectivity index (χ4n) is 6.30. The SMILES string of the molecule is CCCCN(CCCC)P1(=S)OC(c2ccc(OC)c(OC)c2)=Nc2c1c(-c1cc(C)n(-c3ccc(Br)cc3)c1C)nn2-c1ccccc1. The van der Waals surface area contributed by atoms with Crippen molar-refractivity contribution in [2.75, 3.05) is 27.3 Å². The molecule has 8 nitrogen and oxygen atoms in total.